The van der Waals surface area contributed by atoms with Crippen LogP contribution in [0, 0.1) is 5.92 Å². The van der Waals surface area contributed by atoms with Gasteiger partial charge in [0.1, 0.15) is 23.7 Å². The molecule has 0 bridgehead atoms. The number of piperidine rings is 1. The summed E-state index contributed by atoms with van der Waals surface area (Å²) in [6, 6.07) is 10.2. The number of methoxy groups -OCH3 is 1. The molecule has 0 aliphatic carbocycles. The van der Waals surface area contributed by atoms with Crippen molar-refractivity contribution >= 4 is 11.6 Å². The van der Waals surface area contributed by atoms with Gasteiger partial charge >= 0.3 is 0 Å². The number of nitrogens with one attached hydrogen (secondary N) is 1. The number of ether oxygens (including phenoxy) is 1. The highest BCUT2D eigenvalue weighted by molar-refractivity contribution is 5.49. The van der Waals surface area contributed by atoms with Crippen molar-refractivity contribution in [2.24, 2.45) is 5.92 Å². The van der Waals surface area contributed by atoms with Gasteiger partial charge < -0.3 is 20.1 Å². The van der Waals surface area contributed by atoms with E-state index in [-0.39, 0.29) is 12.0 Å². The van der Waals surface area contributed by atoms with E-state index < -0.39 is 0 Å². The molecule has 146 valence electrons. The third kappa shape index (κ3) is 4.89. The molecule has 0 saturated carbocycles. The molecule has 1 saturated heterocycles. The van der Waals surface area contributed by atoms with E-state index in [4.69, 9.17) is 4.74 Å². The molecule has 6 nitrogen and oxygen atoms in total. The molecule has 1 aliphatic heterocycles. The molecule has 2 heterocycles. The van der Waals surface area contributed by atoms with Crippen LogP contribution in [0.15, 0.2) is 36.7 Å². The summed E-state index contributed by atoms with van der Waals surface area (Å²) >= 11 is 0. The zero-order valence-electron chi connectivity index (χ0n) is 16.5. The standard InChI is InChI=1S/C21H30N4O2/c1-21(2,17-6-8-18(27-3)9-7-17)14-22-19-11-20(24-15-23-19)25-10-4-5-16(12-25)13-26/h6-9,11,15-16,26H,4-5,10,12-14H2,1-3H3,(H,22,23,24). The highest BCUT2D eigenvalue weighted by Crippen LogP contribution is 2.27. The van der Waals surface area contributed by atoms with Crippen LogP contribution in [0.2, 0.25) is 0 Å². The predicted octanol–water partition coefficient (Wildman–Crippen LogP) is 3.08. The van der Waals surface area contributed by atoms with E-state index in [0.717, 1.165) is 49.9 Å². The van der Waals surface area contributed by atoms with Crippen LogP contribution in [0.4, 0.5) is 11.6 Å². The molecular formula is C21H30N4O2. The van der Waals surface area contributed by atoms with Crippen molar-refractivity contribution in [3.05, 3.63) is 42.2 Å². The number of hydrogen-bond donors (Lipinski definition) is 2. The van der Waals surface area contributed by atoms with E-state index in [2.05, 4.69) is 46.2 Å². The summed E-state index contributed by atoms with van der Waals surface area (Å²) in [5.41, 5.74) is 1.19. The maximum Gasteiger partial charge on any atom is 0.134 e. The van der Waals surface area contributed by atoms with Gasteiger partial charge in [0.2, 0.25) is 0 Å². The first-order valence-corrected chi connectivity index (χ1v) is 9.58. The lowest BCUT2D eigenvalue weighted by Crippen LogP contribution is -2.37. The van der Waals surface area contributed by atoms with E-state index in [1.165, 1.54) is 5.56 Å². The quantitative estimate of drug-likeness (QED) is 0.780. The SMILES string of the molecule is COc1ccc(C(C)(C)CNc2cc(N3CCCC(CO)C3)ncn2)cc1. The molecule has 2 N–H and O–H groups in total. The second-order valence-corrected chi connectivity index (χ2v) is 7.86. The molecule has 6 heteroatoms. The van der Waals surface area contributed by atoms with Gasteiger partial charge in [0.15, 0.2) is 0 Å². The largest absolute Gasteiger partial charge is 0.497 e. The first-order chi connectivity index (χ1) is 13.0. The van der Waals surface area contributed by atoms with Crippen molar-refractivity contribution in [1.29, 1.82) is 0 Å². The van der Waals surface area contributed by atoms with Gasteiger partial charge in [0, 0.05) is 37.7 Å². The molecule has 1 fully saturated rings. The lowest BCUT2D eigenvalue weighted by Gasteiger charge is -2.32. The fraction of sp³-hybridized carbons (Fsp3) is 0.524. The molecule has 1 aliphatic rings. The summed E-state index contributed by atoms with van der Waals surface area (Å²) in [7, 11) is 1.68. The van der Waals surface area contributed by atoms with Crippen LogP contribution in [-0.2, 0) is 5.41 Å². The van der Waals surface area contributed by atoms with Crippen LogP contribution < -0.4 is 15.0 Å². The predicted molar refractivity (Wildman–Crippen MR) is 109 cm³/mol. The number of rotatable bonds is 7. The molecule has 1 aromatic carbocycles. The lowest BCUT2D eigenvalue weighted by molar-refractivity contribution is 0.208. The van der Waals surface area contributed by atoms with Crippen LogP contribution in [0.3, 0.4) is 0 Å². The molecular weight excluding hydrogens is 340 g/mol. The van der Waals surface area contributed by atoms with Gasteiger partial charge in [0.25, 0.3) is 0 Å². The van der Waals surface area contributed by atoms with Gasteiger partial charge in [0.05, 0.1) is 7.11 Å². The minimum absolute atomic E-state index is 0.0511. The number of benzene rings is 1. The van der Waals surface area contributed by atoms with Crippen molar-refractivity contribution in [3.8, 4) is 5.75 Å². The molecule has 0 amide bonds. The van der Waals surface area contributed by atoms with Crippen LogP contribution in [0.5, 0.6) is 5.75 Å². The normalized spacial score (nSPS) is 17.6. The summed E-state index contributed by atoms with van der Waals surface area (Å²) in [6.07, 6.45) is 3.78. The Morgan fingerprint density at radius 3 is 2.74 bits per heavy atom. The zero-order valence-corrected chi connectivity index (χ0v) is 16.5. The minimum atomic E-state index is -0.0511. The van der Waals surface area contributed by atoms with Crippen molar-refractivity contribution in [3.63, 3.8) is 0 Å². The Kier molecular flexibility index (Phi) is 6.16. The van der Waals surface area contributed by atoms with Gasteiger partial charge in [-0.15, -0.1) is 0 Å². The Morgan fingerprint density at radius 1 is 1.26 bits per heavy atom. The van der Waals surface area contributed by atoms with Crippen molar-refractivity contribution in [1.82, 2.24) is 9.97 Å². The molecule has 2 aromatic rings. The van der Waals surface area contributed by atoms with Crippen LogP contribution >= 0.6 is 0 Å². The number of aliphatic hydroxyl groups is 1. The summed E-state index contributed by atoms with van der Waals surface area (Å²) in [5, 5.41) is 12.9. The fourth-order valence-corrected chi connectivity index (χ4v) is 3.49. The summed E-state index contributed by atoms with van der Waals surface area (Å²) in [5.74, 6) is 2.95. The van der Waals surface area contributed by atoms with Gasteiger partial charge in [-0.2, -0.15) is 0 Å². The molecule has 1 atom stereocenters. The topological polar surface area (TPSA) is 70.5 Å². The lowest BCUT2D eigenvalue weighted by atomic mass is 9.84. The Balaban J connectivity index is 1.65. The Morgan fingerprint density at radius 2 is 2.04 bits per heavy atom. The van der Waals surface area contributed by atoms with Crippen LogP contribution in [-0.4, -0.2) is 48.4 Å². The number of aliphatic hydroxyl groups excluding tert-OH is 1. The second kappa shape index (κ2) is 8.57. The number of nitrogens with zero attached hydrogens (tertiary/aromatic N) is 3. The maximum absolute atomic E-state index is 9.45. The van der Waals surface area contributed by atoms with Crippen molar-refractivity contribution in [2.75, 3.05) is 43.6 Å². The molecule has 27 heavy (non-hydrogen) atoms. The van der Waals surface area contributed by atoms with E-state index in [0.29, 0.717) is 5.92 Å². The summed E-state index contributed by atoms with van der Waals surface area (Å²) in [4.78, 5) is 11.1. The van der Waals surface area contributed by atoms with Crippen LogP contribution in [0.25, 0.3) is 0 Å². The highest BCUT2D eigenvalue weighted by atomic mass is 16.5. The van der Waals surface area contributed by atoms with Crippen molar-refractivity contribution < 1.29 is 9.84 Å². The van der Waals surface area contributed by atoms with Gasteiger partial charge in [-0.3, -0.25) is 0 Å². The number of anilines is 2. The highest BCUT2D eigenvalue weighted by Gasteiger charge is 2.22. The zero-order chi connectivity index (χ0) is 19.3. The molecule has 3 rings (SSSR count). The third-order valence-corrected chi connectivity index (χ3v) is 5.34. The molecule has 0 spiro atoms. The van der Waals surface area contributed by atoms with Gasteiger partial charge in [-0.1, -0.05) is 26.0 Å². The summed E-state index contributed by atoms with van der Waals surface area (Å²) < 4.78 is 5.24. The Bertz CT molecular complexity index is 733. The number of hydrogen-bond acceptors (Lipinski definition) is 6. The molecule has 1 unspecified atom stereocenters. The first kappa shape index (κ1) is 19.4. The Labute approximate surface area is 161 Å². The smallest absolute Gasteiger partial charge is 0.134 e. The average Bonchev–Trinajstić information content (AvgIpc) is 2.72. The average molecular weight is 370 g/mol. The monoisotopic (exact) mass is 370 g/mol. The van der Waals surface area contributed by atoms with Crippen molar-refractivity contribution in [2.45, 2.75) is 32.1 Å². The maximum atomic E-state index is 9.45. The van der Waals surface area contributed by atoms with E-state index in [9.17, 15) is 5.11 Å². The van der Waals surface area contributed by atoms with E-state index >= 15 is 0 Å². The Hall–Kier alpha value is -2.34. The van der Waals surface area contributed by atoms with Crippen LogP contribution in [0.1, 0.15) is 32.3 Å². The van der Waals surface area contributed by atoms with Gasteiger partial charge in [-0.25, -0.2) is 9.97 Å². The second-order valence-electron chi connectivity index (χ2n) is 7.86. The minimum Gasteiger partial charge on any atom is -0.497 e. The first-order valence-electron chi connectivity index (χ1n) is 9.58. The van der Waals surface area contributed by atoms with Gasteiger partial charge in [-0.05, 0) is 36.5 Å². The molecule has 1 aromatic heterocycles. The van der Waals surface area contributed by atoms with E-state index in [1.54, 1.807) is 13.4 Å². The third-order valence-electron chi connectivity index (χ3n) is 5.34. The fourth-order valence-electron chi connectivity index (χ4n) is 3.49. The van der Waals surface area contributed by atoms with E-state index in [1.807, 2.05) is 18.2 Å². The summed E-state index contributed by atoms with van der Waals surface area (Å²) in [6.45, 7) is 7.24. The molecule has 0 radical (unpaired) electrons. The number of aromatic nitrogens is 2.